The largest absolute Gasteiger partial charge is 0.320 e. The summed E-state index contributed by atoms with van der Waals surface area (Å²) in [5, 5.41) is 6.07. The monoisotopic (exact) mass is 190 g/mol. The van der Waals surface area contributed by atoms with E-state index in [-0.39, 0.29) is 11.6 Å². The normalized spacial score (nSPS) is 12.9. The highest BCUT2D eigenvalue weighted by molar-refractivity contribution is 7.40. The summed E-state index contributed by atoms with van der Waals surface area (Å²) >= 11 is 0. The van der Waals surface area contributed by atoms with Crippen LogP contribution in [0.15, 0.2) is 0 Å². The molecule has 2 unspecified atom stereocenters. The van der Waals surface area contributed by atoms with E-state index in [4.69, 9.17) is 0 Å². The number of carbonyl (C=O) groups excluding carboxylic acids is 1. The van der Waals surface area contributed by atoms with Crippen LogP contribution in [0, 0.1) is 0 Å². The molecule has 0 radical (unpaired) electrons. The molecule has 2 atom stereocenters. The molecule has 4 heteroatoms. The number of likely N-dealkylation sites (N-methyl/N-ethyl adjacent to an activating group) is 1. The Bertz CT molecular complexity index is 130. The number of hydrogen-bond donors (Lipinski definition) is 2. The predicted molar refractivity (Wildman–Crippen MR) is 55.3 cm³/mol. The molecule has 0 aromatic carbocycles. The fraction of sp³-hybridized carbons (Fsp3) is 0.875. The molecular weight excluding hydrogens is 171 g/mol. The van der Waals surface area contributed by atoms with Crippen LogP contribution in [0.3, 0.4) is 0 Å². The molecule has 0 amide bonds. The van der Waals surface area contributed by atoms with Gasteiger partial charge in [-0.25, -0.2) is 0 Å². The SMILES string of the molecule is CNCCCCC(NC)C(=O)P. The maximum Gasteiger partial charge on any atom is 0.165 e. The van der Waals surface area contributed by atoms with Crippen LogP contribution in [-0.4, -0.2) is 32.2 Å². The maximum absolute atomic E-state index is 10.9. The van der Waals surface area contributed by atoms with Crippen molar-refractivity contribution in [1.29, 1.82) is 0 Å². The van der Waals surface area contributed by atoms with Crippen molar-refractivity contribution in [2.75, 3.05) is 20.6 Å². The Kier molecular flexibility index (Phi) is 7.67. The zero-order valence-corrected chi connectivity index (χ0v) is 9.05. The molecule has 0 aliphatic carbocycles. The van der Waals surface area contributed by atoms with Crippen LogP contribution in [0.1, 0.15) is 19.3 Å². The van der Waals surface area contributed by atoms with Gasteiger partial charge in [-0.2, -0.15) is 0 Å². The van der Waals surface area contributed by atoms with Gasteiger partial charge in [-0.3, -0.25) is 4.79 Å². The van der Waals surface area contributed by atoms with E-state index in [1.165, 1.54) is 0 Å². The van der Waals surface area contributed by atoms with Crippen LogP contribution in [0.4, 0.5) is 0 Å². The lowest BCUT2D eigenvalue weighted by Gasteiger charge is -2.11. The highest BCUT2D eigenvalue weighted by atomic mass is 31.0. The van der Waals surface area contributed by atoms with Crippen molar-refractivity contribution in [2.24, 2.45) is 0 Å². The minimum absolute atomic E-state index is 0.0202. The van der Waals surface area contributed by atoms with E-state index in [1.807, 2.05) is 14.1 Å². The first kappa shape index (κ1) is 12.0. The molecule has 0 aliphatic heterocycles. The number of rotatable bonds is 7. The standard InChI is InChI=1S/C8H19N2OP/c1-9-6-4-3-5-7(10-2)8(11)12/h7,9-10H,3-6,12H2,1-2H3. The molecule has 12 heavy (non-hydrogen) atoms. The second-order valence-corrected chi connectivity index (χ2v) is 3.41. The Morgan fingerprint density at radius 1 is 1.42 bits per heavy atom. The third-order valence-electron chi connectivity index (χ3n) is 1.86. The van der Waals surface area contributed by atoms with Crippen LogP contribution >= 0.6 is 9.24 Å². The summed E-state index contributed by atoms with van der Waals surface area (Å²) in [6.07, 6.45) is 3.15. The highest BCUT2D eigenvalue weighted by Crippen LogP contribution is 2.04. The summed E-state index contributed by atoms with van der Waals surface area (Å²) in [4.78, 5) is 10.9. The van der Waals surface area contributed by atoms with Crippen molar-refractivity contribution < 1.29 is 4.79 Å². The average Bonchev–Trinajstić information content (AvgIpc) is 2.04. The Morgan fingerprint density at radius 3 is 2.50 bits per heavy atom. The molecule has 0 bridgehead atoms. The summed E-state index contributed by atoms with van der Waals surface area (Å²) in [6.45, 7) is 1.03. The molecule has 0 rings (SSSR count). The zero-order valence-electron chi connectivity index (χ0n) is 7.89. The zero-order chi connectivity index (χ0) is 9.40. The third kappa shape index (κ3) is 5.64. The number of unbranched alkanes of at least 4 members (excludes halogenated alkanes) is 1. The summed E-state index contributed by atoms with van der Waals surface area (Å²) in [5.74, 6) is 0. The third-order valence-corrected chi connectivity index (χ3v) is 2.26. The second-order valence-electron chi connectivity index (χ2n) is 2.84. The van der Waals surface area contributed by atoms with Crippen molar-refractivity contribution >= 4 is 14.8 Å². The number of carbonyl (C=O) groups is 1. The van der Waals surface area contributed by atoms with Gasteiger partial charge in [-0.1, -0.05) is 15.7 Å². The fourth-order valence-electron chi connectivity index (χ4n) is 1.08. The van der Waals surface area contributed by atoms with E-state index in [0.29, 0.717) is 0 Å². The second kappa shape index (κ2) is 7.66. The maximum atomic E-state index is 10.9. The van der Waals surface area contributed by atoms with Gasteiger partial charge in [0.25, 0.3) is 0 Å². The van der Waals surface area contributed by atoms with Crippen molar-refractivity contribution in [3.8, 4) is 0 Å². The molecular formula is C8H19N2OP. The van der Waals surface area contributed by atoms with E-state index in [2.05, 4.69) is 19.9 Å². The molecule has 3 nitrogen and oxygen atoms in total. The van der Waals surface area contributed by atoms with Gasteiger partial charge >= 0.3 is 0 Å². The Balaban J connectivity index is 3.38. The molecule has 2 N–H and O–H groups in total. The van der Waals surface area contributed by atoms with Gasteiger partial charge in [0.15, 0.2) is 5.52 Å². The lowest BCUT2D eigenvalue weighted by Crippen LogP contribution is -2.30. The predicted octanol–water partition coefficient (Wildman–Crippen LogP) is 0.366. The van der Waals surface area contributed by atoms with E-state index >= 15 is 0 Å². The van der Waals surface area contributed by atoms with Crippen molar-refractivity contribution in [1.82, 2.24) is 10.6 Å². The molecule has 0 spiro atoms. The van der Waals surface area contributed by atoms with Gasteiger partial charge in [0.1, 0.15) is 0 Å². The van der Waals surface area contributed by atoms with E-state index in [0.717, 1.165) is 25.8 Å². The van der Waals surface area contributed by atoms with Crippen LogP contribution in [-0.2, 0) is 4.79 Å². The first-order chi connectivity index (χ1) is 5.72. The Morgan fingerprint density at radius 2 is 2.08 bits per heavy atom. The molecule has 0 saturated carbocycles. The number of nitrogens with one attached hydrogen (secondary N) is 2. The van der Waals surface area contributed by atoms with Crippen molar-refractivity contribution in [3.05, 3.63) is 0 Å². The van der Waals surface area contributed by atoms with Gasteiger partial charge < -0.3 is 10.6 Å². The highest BCUT2D eigenvalue weighted by Gasteiger charge is 2.09. The first-order valence-corrected chi connectivity index (χ1v) is 4.91. The Labute approximate surface area is 76.9 Å². The van der Waals surface area contributed by atoms with Gasteiger partial charge in [0, 0.05) is 0 Å². The molecule has 0 aromatic rings. The van der Waals surface area contributed by atoms with Crippen molar-refractivity contribution in [2.45, 2.75) is 25.3 Å². The molecule has 0 heterocycles. The van der Waals surface area contributed by atoms with Gasteiger partial charge in [0.05, 0.1) is 6.04 Å². The molecule has 72 valence electrons. The summed E-state index contributed by atoms with van der Waals surface area (Å²) in [5.41, 5.74) is 0.155. The fourth-order valence-corrected chi connectivity index (χ4v) is 1.41. The van der Waals surface area contributed by atoms with Gasteiger partial charge in [-0.05, 0) is 33.5 Å². The van der Waals surface area contributed by atoms with Crippen LogP contribution in [0.2, 0.25) is 0 Å². The van der Waals surface area contributed by atoms with Crippen LogP contribution < -0.4 is 10.6 Å². The van der Waals surface area contributed by atoms with Crippen molar-refractivity contribution in [3.63, 3.8) is 0 Å². The van der Waals surface area contributed by atoms with E-state index in [9.17, 15) is 4.79 Å². The average molecular weight is 190 g/mol. The van der Waals surface area contributed by atoms with E-state index in [1.54, 1.807) is 0 Å². The van der Waals surface area contributed by atoms with E-state index < -0.39 is 0 Å². The smallest absolute Gasteiger partial charge is 0.165 e. The van der Waals surface area contributed by atoms with Crippen LogP contribution in [0.25, 0.3) is 0 Å². The number of hydrogen-bond acceptors (Lipinski definition) is 3. The van der Waals surface area contributed by atoms with Gasteiger partial charge in [-0.15, -0.1) is 0 Å². The lowest BCUT2D eigenvalue weighted by molar-refractivity contribution is -0.112. The van der Waals surface area contributed by atoms with Gasteiger partial charge in [0.2, 0.25) is 0 Å². The molecule has 0 aromatic heterocycles. The molecule has 0 aliphatic rings. The Hall–Kier alpha value is 0.0200. The minimum atomic E-state index is 0.0202. The molecule has 0 fully saturated rings. The topological polar surface area (TPSA) is 41.1 Å². The minimum Gasteiger partial charge on any atom is -0.320 e. The summed E-state index contributed by atoms with van der Waals surface area (Å²) < 4.78 is 0. The lowest BCUT2D eigenvalue weighted by atomic mass is 10.1. The van der Waals surface area contributed by atoms with Crippen LogP contribution in [0.5, 0.6) is 0 Å². The summed E-state index contributed by atoms with van der Waals surface area (Å²) in [7, 11) is 5.99. The first-order valence-electron chi connectivity index (χ1n) is 4.33. The summed E-state index contributed by atoms with van der Waals surface area (Å²) in [6, 6.07) is 0.0202. The quantitative estimate of drug-likeness (QED) is 0.450. The molecule has 0 saturated heterocycles.